The Hall–Kier alpha value is -1.44. The van der Waals surface area contributed by atoms with E-state index in [0.717, 1.165) is 18.4 Å². The Kier molecular flexibility index (Phi) is 4.20. The monoisotopic (exact) mass is 324 g/mol. The number of aryl methyl sites for hydroxylation is 1. The van der Waals surface area contributed by atoms with Crippen molar-refractivity contribution >= 4 is 21.6 Å². The van der Waals surface area contributed by atoms with Crippen LogP contribution in [0, 0.1) is 12.8 Å². The summed E-state index contributed by atoms with van der Waals surface area (Å²) in [5.74, 6) is 0.289. The van der Waals surface area contributed by atoms with E-state index in [2.05, 4.69) is 4.98 Å². The molecule has 1 aliphatic rings. The molecule has 7 heteroatoms. The molecule has 0 bridgehead atoms. The maximum absolute atomic E-state index is 12.6. The highest BCUT2D eigenvalue weighted by molar-refractivity contribution is 7.16. The Bertz CT molecular complexity index is 785. The van der Waals surface area contributed by atoms with Crippen LogP contribution in [0.3, 0.4) is 0 Å². The highest BCUT2D eigenvalue weighted by Gasteiger charge is 2.34. The molecular weight excluding hydrogens is 304 g/mol. The van der Waals surface area contributed by atoms with Crippen LogP contribution in [0.2, 0.25) is 0 Å². The molecule has 1 unspecified atom stereocenters. The fraction of sp³-hybridized carbons (Fsp3) is 0.600. The first kappa shape index (κ1) is 15.5. The van der Waals surface area contributed by atoms with Crippen LogP contribution in [0.5, 0.6) is 0 Å². The second kappa shape index (κ2) is 5.98. The van der Waals surface area contributed by atoms with Gasteiger partial charge < -0.3 is 9.84 Å². The van der Waals surface area contributed by atoms with Crippen molar-refractivity contribution in [1.82, 2.24) is 9.55 Å². The van der Waals surface area contributed by atoms with Crippen molar-refractivity contribution in [2.24, 2.45) is 5.92 Å². The van der Waals surface area contributed by atoms with Crippen molar-refractivity contribution in [3.8, 4) is 0 Å². The molecule has 0 aliphatic heterocycles. The number of H-pyrrole nitrogens is 1. The summed E-state index contributed by atoms with van der Waals surface area (Å²) >= 11 is 1.38. The van der Waals surface area contributed by atoms with Gasteiger partial charge in [-0.05, 0) is 43.6 Å². The van der Waals surface area contributed by atoms with E-state index in [1.807, 2.05) is 19.2 Å². The zero-order chi connectivity index (χ0) is 15.9. The molecule has 0 saturated heterocycles. The van der Waals surface area contributed by atoms with Gasteiger partial charge in [0.25, 0.3) is 5.56 Å². The van der Waals surface area contributed by atoms with E-state index in [1.54, 1.807) is 0 Å². The molecule has 1 saturated carbocycles. The molecule has 2 aromatic rings. The number of aliphatic hydroxyl groups excluding tert-OH is 1. The SMILES string of the molecule is CCOC(O)CC1CC(n2c(=O)[nH]c3scc(C)c3c2=O)C1. The lowest BCUT2D eigenvalue weighted by Gasteiger charge is -2.36. The normalized spacial score (nSPS) is 22.7. The van der Waals surface area contributed by atoms with E-state index in [1.165, 1.54) is 15.9 Å². The van der Waals surface area contributed by atoms with Crippen molar-refractivity contribution in [2.45, 2.75) is 45.4 Å². The third-order valence-corrected chi connectivity index (χ3v) is 5.33. The number of hydrogen-bond donors (Lipinski definition) is 2. The summed E-state index contributed by atoms with van der Waals surface area (Å²) < 4.78 is 6.46. The van der Waals surface area contributed by atoms with Gasteiger partial charge in [-0.3, -0.25) is 14.3 Å². The molecule has 6 nitrogen and oxygen atoms in total. The number of rotatable bonds is 5. The molecule has 1 atom stereocenters. The van der Waals surface area contributed by atoms with E-state index in [9.17, 15) is 14.7 Å². The fourth-order valence-corrected chi connectivity index (χ4v) is 4.08. The Morgan fingerprint density at radius 1 is 1.50 bits per heavy atom. The summed E-state index contributed by atoms with van der Waals surface area (Å²) in [7, 11) is 0. The Morgan fingerprint density at radius 3 is 2.91 bits per heavy atom. The standard InChI is InChI=1S/C15H20N2O4S/c1-3-21-11(18)6-9-4-10(5-9)17-14(19)12-8(2)7-22-13(12)16-15(17)20/h7,9-11,18H,3-6H2,1-2H3,(H,16,20). The van der Waals surface area contributed by atoms with E-state index in [-0.39, 0.29) is 23.2 Å². The van der Waals surface area contributed by atoms with E-state index >= 15 is 0 Å². The number of fused-ring (bicyclic) bond motifs is 1. The van der Waals surface area contributed by atoms with Gasteiger partial charge in [0, 0.05) is 19.1 Å². The summed E-state index contributed by atoms with van der Waals surface area (Å²) in [5.41, 5.74) is 0.358. The maximum atomic E-state index is 12.6. The average molecular weight is 324 g/mol. The van der Waals surface area contributed by atoms with Gasteiger partial charge in [0.05, 0.1) is 5.39 Å². The Labute approximate surface area is 131 Å². The number of nitrogens with zero attached hydrogens (tertiary/aromatic N) is 1. The van der Waals surface area contributed by atoms with Gasteiger partial charge in [-0.1, -0.05) is 0 Å². The topological polar surface area (TPSA) is 84.3 Å². The van der Waals surface area contributed by atoms with Gasteiger partial charge in [0.1, 0.15) is 4.83 Å². The van der Waals surface area contributed by atoms with Gasteiger partial charge >= 0.3 is 5.69 Å². The molecular formula is C15H20N2O4S. The van der Waals surface area contributed by atoms with E-state index < -0.39 is 6.29 Å². The Morgan fingerprint density at radius 2 is 2.23 bits per heavy atom. The van der Waals surface area contributed by atoms with Crippen LogP contribution in [-0.2, 0) is 4.74 Å². The summed E-state index contributed by atoms with van der Waals surface area (Å²) in [5, 5.41) is 12.1. The highest BCUT2D eigenvalue weighted by atomic mass is 32.1. The second-order valence-electron chi connectivity index (χ2n) is 5.87. The summed E-state index contributed by atoms with van der Waals surface area (Å²) in [6.45, 7) is 4.19. The van der Waals surface area contributed by atoms with Crippen molar-refractivity contribution in [2.75, 3.05) is 6.61 Å². The van der Waals surface area contributed by atoms with Crippen molar-refractivity contribution in [3.63, 3.8) is 0 Å². The molecule has 0 radical (unpaired) electrons. The lowest BCUT2D eigenvalue weighted by atomic mass is 9.78. The van der Waals surface area contributed by atoms with E-state index in [0.29, 0.717) is 23.2 Å². The first-order valence-electron chi connectivity index (χ1n) is 7.53. The minimum Gasteiger partial charge on any atom is -0.368 e. The van der Waals surface area contributed by atoms with Gasteiger partial charge in [0.15, 0.2) is 6.29 Å². The summed E-state index contributed by atoms with van der Waals surface area (Å²) in [6, 6.07) is -0.0845. The molecule has 1 fully saturated rings. The van der Waals surface area contributed by atoms with Crippen LogP contribution in [0.15, 0.2) is 15.0 Å². The molecule has 1 aliphatic carbocycles. The smallest absolute Gasteiger partial charge is 0.329 e. The first-order chi connectivity index (χ1) is 10.5. The fourth-order valence-electron chi connectivity index (χ4n) is 3.15. The van der Waals surface area contributed by atoms with Crippen LogP contribution in [-0.4, -0.2) is 27.6 Å². The zero-order valence-corrected chi connectivity index (χ0v) is 13.5. The predicted molar refractivity (Wildman–Crippen MR) is 85.5 cm³/mol. The third-order valence-electron chi connectivity index (χ3n) is 4.32. The lowest BCUT2D eigenvalue weighted by Crippen LogP contribution is -2.43. The molecule has 2 N–H and O–H groups in total. The van der Waals surface area contributed by atoms with Crippen LogP contribution in [0.4, 0.5) is 0 Å². The van der Waals surface area contributed by atoms with Gasteiger partial charge in [-0.25, -0.2) is 4.79 Å². The van der Waals surface area contributed by atoms with Crippen LogP contribution in [0.1, 0.15) is 37.8 Å². The molecule has 0 amide bonds. The number of ether oxygens (including phenoxy) is 1. The first-order valence-corrected chi connectivity index (χ1v) is 8.41. The van der Waals surface area contributed by atoms with Crippen LogP contribution >= 0.6 is 11.3 Å². The molecule has 22 heavy (non-hydrogen) atoms. The maximum Gasteiger partial charge on any atom is 0.329 e. The minimum absolute atomic E-state index is 0.0845. The number of thiophene rings is 1. The Balaban J connectivity index is 1.80. The highest BCUT2D eigenvalue weighted by Crippen LogP contribution is 2.39. The number of hydrogen-bond acceptors (Lipinski definition) is 5. The number of aromatic amines is 1. The molecule has 2 aromatic heterocycles. The molecule has 120 valence electrons. The van der Waals surface area contributed by atoms with E-state index in [4.69, 9.17) is 4.74 Å². The number of aliphatic hydroxyl groups is 1. The largest absolute Gasteiger partial charge is 0.368 e. The van der Waals surface area contributed by atoms with Crippen LogP contribution < -0.4 is 11.2 Å². The summed E-state index contributed by atoms with van der Waals surface area (Å²) in [6.07, 6.45) is 1.24. The number of aromatic nitrogens is 2. The molecule has 3 rings (SSSR count). The molecule has 0 aromatic carbocycles. The molecule has 2 heterocycles. The number of nitrogens with one attached hydrogen (secondary N) is 1. The minimum atomic E-state index is -0.757. The zero-order valence-electron chi connectivity index (χ0n) is 12.7. The quantitative estimate of drug-likeness (QED) is 0.821. The molecule has 0 spiro atoms. The average Bonchev–Trinajstić information content (AvgIpc) is 2.77. The van der Waals surface area contributed by atoms with Gasteiger partial charge in [0.2, 0.25) is 0 Å². The van der Waals surface area contributed by atoms with Gasteiger partial charge in [-0.15, -0.1) is 11.3 Å². The van der Waals surface area contributed by atoms with Gasteiger partial charge in [-0.2, -0.15) is 0 Å². The van der Waals surface area contributed by atoms with Crippen molar-refractivity contribution in [3.05, 3.63) is 31.8 Å². The predicted octanol–water partition coefficient (Wildman–Crippen LogP) is 1.76. The second-order valence-corrected chi connectivity index (χ2v) is 6.74. The third kappa shape index (κ3) is 2.64. The lowest BCUT2D eigenvalue weighted by molar-refractivity contribution is -0.114. The van der Waals surface area contributed by atoms with Crippen molar-refractivity contribution in [1.29, 1.82) is 0 Å². The van der Waals surface area contributed by atoms with Crippen molar-refractivity contribution < 1.29 is 9.84 Å². The summed E-state index contributed by atoms with van der Waals surface area (Å²) in [4.78, 5) is 28.2. The van der Waals surface area contributed by atoms with Crippen LogP contribution in [0.25, 0.3) is 10.2 Å².